The molecule has 0 spiro atoms. The fourth-order valence-electron chi connectivity index (χ4n) is 1.51. The molecule has 0 bridgehead atoms. The lowest BCUT2D eigenvalue weighted by Gasteiger charge is -2.04. The van der Waals surface area contributed by atoms with Crippen LogP contribution in [0.15, 0.2) is 12.4 Å². The van der Waals surface area contributed by atoms with E-state index in [0.717, 1.165) is 6.42 Å². The first-order valence-corrected chi connectivity index (χ1v) is 3.91. The Bertz CT molecular complexity index is 279. The van der Waals surface area contributed by atoms with E-state index in [9.17, 15) is 0 Å². The summed E-state index contributed by atoms with van der Waals surface area (Å²) in [6.07, 6.45) is 4.96. The van der Waals surface area contributed by atoms with E-state index in [1.165, 1.54) is 5.56 Å². The van der Waals surface area contributed by atoms with Crippen molar-refractivity contribution in [1.82, 2.24) is 9.78 Å². The van der Waals surface area contributed by atoms with Crippen LogP contribution in [0.2, 0.25) is 0 Å². The maximum atomic E-state index is 6.07. The first-order valence-electron chi connectivity index (χ1n) is 3.91. The topological polar surface area (TPSA) is 43.8 Å². The zero-order chi connectivity index (χ0) is 8.06. The Labute approximate surface area is 66.2 Å². The van der Waals surface area contributed by atoms with Gasteiger partial charge in [0.15, 0.2) is 0 Å². The van der Waals surface area contributed by atoms with Crippen molar-refractivity contribution in [1.29, 1.82) is 0 Å². The molecule has 1 aliphatic rings. The summed E-state index contributed by atoms with van der Waals surface area (Å²) >= 11 is 0. The molecular weight excluding hydrogens is 138 g/mol. The highest BCUT2D eigenvalue weighted by atomic mass is 15.2. The predicted molar refractivity (Wildman–Crippen MR) is 42.9 cm³/mol. The van der Waals surface area contributed by atoms with E-state index >= 15 is 0 Å². The van der Waals surface area contributed by atoms with E-state index in [-0.39, 0.29) is 5.54 Å². The molecule has 60 valence electrons. The van der Waals surface area contributed by atoms with Gasteiger partial charge in [-0.15, -0.1) is 0 Å². The normalized spacial score (nSPS) is 35.7. The van der Waals surface area contributed by atoms with Gasteiger partial charge in [0, 0.05) is 24.3 Å². The minimum Gasteiger partial charge on any atom is -0.321 e. The van der Waals surface area contributed by atoms with Crippen LogP contribution in [0.5, 0.6) is 0 Å². The van der Waals surface area contributed by atoms with Crippen molar-refractivity contribution in [2.45, 2.75) is 18.9 Å². The van der Waals surface area contributed by atoms with E-state index < -0.39 is 0 Å². The maximum Gasteiger partial charge on any atom is 0.0540 e. The summed E-state index contributed by atoms with van der Waals surface area (Å²) in [4.78, 5) is 0. The van der Waals surface area contributed by atoms with Gasteiger partial charge in [-0.1, -0.05) is 6.92 Å². The smallest absolute Gasteiger partial charge is 0.0540 e. The second kappa shape index (κ2) is 1.85. The Morgan fingerprint density at radius 1 is 1.82 bits per heavy atom. The average Bonchev–Trinajstić information content (AvgIpc) is 2.44. The molecule has 1 aromatic rings. The molecule has 1 heterocycles. The van der Waals surface area contributed by atoms with Crippen LogP contribution in [-0.4, -0.2) is 9.78 Å². The standard InChI is InChI=1S/C8H13N3/c1-6-3-8(6,9)7-4-10-11(2)5-7/h4-6H,3,9H2,1-2H3/t6-,8-/m1/s1. The summed E-state index contributed by atoms with van der Waals surface area (Å²) in [5, 5.41) is 4.09. The van der Waals surface area contributed by atoms with Crippen molar-refractivity contribution in [3.8, 4) is 0 Å². The first-order chi connectivity index (χ1) is 5.13. The number of nitrogens with two attached hydrogens (primary N) is 1. The molecule has 0 amide bonds. The van der Waals surface area contributed by atoms with Crippen LogP contribution in [-0.2, 0) is 12.6 Å². The van der Waals surface area contributed by atoms with Crippen molar-refractivity contribution < 1.29 is 0 Å². The van der Waals surface area contributed by atoms with Gasteiger partial charge in [0.2, 0.25) is 0 Å². The molecule has 0 saturated heterocycles. The molecule has 0 aliphatic heterocycles. The lowest BCUT2D eigenvalue weighted by molar-refractivity contribution is 0.663. The molecule has 3 nitrogen and oxygen atoms in total. The molecule has 0 radical (unpaired) electrons. The third-order valence-electron chi connectivity index (χ3n) is 2.61. The van der Waals surface area contributed by atoms with E-state index in [1.54, 1.807) is 4.68 Å². The quantitative estimate of drug-likeness (QED) is 0.639. The van der Waals surface area contributed by atoms with Gasteiger partial charge in [0.1, 0.15) is 0 Å². The van der Waals surface area contributed by atoms with Crippen LogP contribution in [0, 0.1) is 5.92 Å². The van der Waals surface area contributed by atoms with E-state index in [4.69, 9.17) is 5.73 Å². The first kappa shape index (κ1) is 6.85. The van der Waals surface area contributed by atoms with Gasteiger partial charge in [-0.05, 0) is 12.3 Å². The minimum absolute atomic E-state index is 0.0612. The number of rotatable bonds is 1. The van der Waals surface area contributed by atoms with Crippen LogP contribution in [0.25, 0.3) is 0 Å². The molecule has 3 heteroatoms. The lowest BCUT2D eigenvalue weighted by atomic mass is 10.1. The van der Waals surface area contributed by atoms with Gasteiger partial charge in [-0.2, -0.15) is 5.10 Å². The molecule has 0 unspecified atom stereocenters. The van der Waals surface area contributed by atoms with Gasteiger partial charge < -0.3 is 5.73 Å². The number of aryl methyl sites for hydroxylation is 1. The molecule has 2 N–H and O–H groups in total. The lowest BCUT2D eigenvalue weighted by Crippen LogP contribution is -2.20. The summed E-state index contributed by atoms with van der Waals surface area (Å²) < 4.78 is 1.80. The highest BCUT2D eigenvalue weighted by Gasteiger charge is 2.49. The minimum atomic E-state index is -0.0612. The molecule has 1 fully saturated rings. The van der Waals surface area contributed by atoms with Crippen molar-refractivity contribution in [3.05, 3.63) is 18.0 Å². The molecule has 2 rings (SSSR count). The van der Waals surface area contributed by atoms with E-state index in [0.29, 0.717) is 5.92 Å². The van der Waals surface area contributed by atoms with Crippen LogP contribution in [0.1, 0.15) is 18.9 Å². The van der Waals surface area contributed by atoms with Crippen LogP contribution < -0.4 is 5.73 Å². The molecule has 1 saturated carbocycles. The van der Waals surface area contributed by atoms with Crippen LogP contribution in [0.4, 0.5) is 0 Å². The van der Waals surface area contributed by atoms with Gasteiger partial charge >= 0.3 is 0 Å². The number of aromatic nitrogens is 2. The van der Waals surface area contributed by atoms with Crippen molar-refractivity contribution in [2.75, 3.05) is 0 Å². The largest absolute Gasteiger partial charge is 0.321 e. The Morgan fingerprint density at radius 3 is 2.82 bits per heavy atom. The summed E-state index contributed by atoms with van der Waals surface area (Å²) in [6, 6.07) is 0. The SMILES string of the molecule is C[C@@H]1C[C@]1(N)c1cnn(C)c1. The highest BCUT2D eigenvalue weighted by Crippen LogP contribution is 2.48. The third kappa shape index (κ3) is 0.878. The number of hydrogen-bond donors (Lipinski definition) is 1. The second-order valence-corrected chi connectivity index (χ2v) is 3.55. The summed E-state index contributed by atoms with van der Waals surface area (Å²) in [6.45, 7) is 2.17. The molecule has 0 aromatic carbocycles. The number of hydrogen-bond acceptors (Lipinski definition) is 2. The molecular formula is C8H13N3. The van der Waals surface area contributed by atoms with Gasteiger partial charge in [-0.3, -0.25) is 4.68 Å². The number of nitrogens with zero attached hydrogens (tertiary/aromatic N) is 2. The van der Waals surface area contributed by atoms with Crippen molar-refractivity contribution in [2.24, 2.45) is 18.7 Å². The fraction of sp³-hybridized carbons (Fsp3) is 0.625. The molecule has 1 aliphatic carbocycles. The van der Waals surface area contributed by atoms with Gasteiger partial charge in [-0.25, -0.2) is 0 Å². The van der Waals surface area contributed by atoms with Gasteiger partial charge in [0.05, 0.1) is 6.20 Å². The summed E-state index contributed by atoms with van der Waals surface area (Å²) in [5.74, 6) is 0.617. The Balaban J connectivity index is 2.31. The monoisotopic (exact) mass is 151 g/mol. The van der Waals surface area contributed by atoms with Crippen LogP contribution in [0.3, 0.4) is 0 Å². The Morgan fingerprint density at radius 2 is 2.45 bits per heavy atom. The van der Waals surface area contributed by atoms with E-state index in [2.05, 4.69) is 12.0 Å². The van der Waals surface area contributed by atoms with Crippen LogP contribution >= 0.6 is 0 Å². The second-order valence-electron chi connectivity index (χ2n) is 3.55. The molecule has 1 aromatic heterocycles. The van der Waals surface area contributed by atoms with Crippen molar-refractivity contribution >= 4 is 0 Å². The molecule has 11 heavy (non-hydrogen) atoms. The predicted octanol–water partition coefficient (Wildman–Crippen LogP) is 0.614. The Hall–Kier alpha value is -0.830. The average molecular weight is 151 g/mol. The summed E-state index contributed by atoms with van der Waals surface area (Å²) in [5.41, 5.74) is 7.18. The van der Waals surface area contributed by atoms with Crippen molar-refractivity contribution in [3.63, 3.8) is 0 Å². The maximum absolute atomic E-state index is 6.07. The molecule has 2 atom stereocenters. The summed E-state index contributed by atoms with van der Waals surface area (Å²) in [7, 11) is 1.92. The van der Waals surface area contributed by atoms with Gasteiger partial charge in [0.25, 0.3) is 0 Å². The Kier molecular flexibility index (Phi) is 1.16. The highest BCUT2D eigenvalue weighted by molar-refractivity contribution is 5.26. The zero-order valence-corrected chi connectivity index (χ0v) is 6.91. The van der Waals surface area contributed by atoms with E-state index in [1.807, 2.05) is 19.4 Å². The third-order valence-corrected chi connectivity index (χ3v) is 2.61. The fourth-order valence-corrected chi connectivity index (χ4v) is 1.51. The zero-order valence-electron chi connectivity index (χ0n) is 6.91.